The maximum atomic E-state index is 8.49. The van der Waals surface area contributed by atoms with E-state index in [0.717, 1.165) is 0 Å². The third kappa shape index (κ3) is 5.07. The maximum Gasteiger partial charge on any atom is 0.252 e. The summed E-state index contributed by atoms with van der Waals surface area (Å²) in [6.07, 6.45) is 2.15. The first-order valence-electron chi connectivity index (χ1n) is 7.59. The van der Waals surface area contributed by atoms with Gasteiger partial charge in [-0.05, 0) is 18.4 Å². The molecule has 3 rings (SSSR count). The van der Waals surface area contributed by atoms with Crippen LogP contribution in [0.25, 0.3) is 22.5 Å². The Morgan fingerprint density at radius 2 is 1.27 bits per heavy atom. The molecule has 1 heterocycles. The normalized spacial score (nSPS) is 11.0. The van der Waals surface area contributed by atoms with Crippen LogP contribution in [0.2, 0.25) is 0 Å². The molecule has 0 bridgehead atoms. The first-order valence-corrected chi connectivity index (χ1v) is 10.1. The zero-order chi connectivity index (χ0) is 19.3. The number of halogens is 1. The Bertz CT molecular complexity index is 780. The third-order valence-corrected chi connectivity index (χ3v) is 4.62. The van der Waals surface area contributed by atoms with Crippen LogP contribution in [0.15, 0.2) is 65.6 Å². The summed E-state index contributed by atoms with van der Waals surface area (Å²) in [5, 5.41) is 0. The Morgan fingerprint density at radius 1 is 0.846 bits per heavy atom. The molecular formula is C18H19ClN2O4S. The minimum absolute atomic E-state index is 1.25. The number of hydrogen-bond donors (Lipinski definition) is 0. The zero-order valence-electron chi connectivity index (χ0n) is 14.6. The van der Waals surface area contributed by atoms with Crippen molar-refractivity contribution in [2.24, 2.45) is 14.1 Å². The van der Waals surface area contributed by atoms with Gasteiger partial charge in [-0.3, -0.25) is 0 Å². The van der Waals surface area contributed by atoms with Gasteiger partial charge in [0, 0.05) is 11.1 Å². The van der Waals surface area contributed by atoms with E-state index >= 15 is 0 Å². The van der Waals surface area contributed by atoms with Gasteiger partial charge in [-0.15, -0.1) is 26.7 Å². The van der Waals surface area contributed by atoms with E-state index in [1.165, 1.54) is 27.4 Å². The quantitative estimate of drug-likeness (QED) is 0.425. The van der Waals surface area contributed by atoms with E-state index in [9.17, 15) is 0 Å². The molecule has 3 aromatic rings. The summed E-state index contributed by atoms with van der Waals surface area (Å²) in [5.41, 5.74) is 5.04. The fourth-order valence-electron chi connectivity index (χ4n) is 2.73. The second-order valence-electron chi connectivity index (χ2n) is 5.39. The van der Waals surface area contributed by atoms with Crippen LogP contribution >= 0.6 is 11.8 Å². The number of hydrogen-bond acceptors (Lipinski definition) is 5. The molecule has 0 atom stereocenters. The molecule has 2 aromatic carbocycles. The van der Waals surface area contributed by atoms with Gasteiger partial charge in [0.1, 0.15) is 10.6 Å². The van der Waals surface area contributed by atoms with Crippen molar-refractivity contribution in [3.63, 3.8) is 0 Å². The Morgan fingerprint density at radius 3 is 1.69 bits per heavy atom. The number of thioether (sulfide) groups is 1. The molecular weight excluding hydrogens is 376 g/mol. The fourth-order valence-corrected chi connectivity index (χ4v) is 3.61. The molecule has 0 saturated heterocycles. The first-order chi connectivity index (χ1) is 12.2. The molecule has 0 fully saturated rings. The lowest BCUT2D eigenvalue weighted by atomic mass is 10.1. The highest BCUT2D eigenvalue weighted by Gasteiger charge is 2.27. The van der Waals surface area contributed by atoms with Crippen LogP contribution in [-0.4, -0.2) is 10.9 Å². The van der Waals surface area contributed by atoms with E-state index in [4.69, 9.17) is 18.6 Å². The van der Waals surface area contributed by atoms with Crippen LogP contribution in [0, 0.1) is 10.2 Å². The van der Waals surface area contributed by atoms with Gasteiger partial charge in [-0.1, -0.05) is 48.5 Å². The molecule has 0 spiro atoms. The largest absolute Gasteiger partial charge is 0.252 e. The molecule has 0 radical (unpaired) electrons. The van der Waals surface area contributed by atoms with Crippen LogP contribution in [0.1, 0.15) is 0 Å². The van der Waals surface area contributed by atoms with Gasteiger partial charge in [0.15, 0.2) is 7.05 Å². The van der Waals surface area contributed by atoms with Crippen LogP contribution < -0.4 is 23.3 Å². The minimum Gasteiger partial charge on any atom is -0.222 e. The average Bonchev–Trinajstić information content (AvgIpc) is 2.86. The van der Waals surface area contributed by atoms with Gasteiger partial charge in [0.25, 0.3) is 5.69 Å². The fraction of sp³-hybridized carbons (Fsp3) is 0.167. The second-order valence-corrected chi connectivity index (χ2v) is 6.96. The van der Waals surface area contributed by atoms with E-state index in [2.05, 4.69) is 90.4 Å². The predicted molar refractivity (Wildman–Crippen MR) is 89.2 cm³/mol. The Balaban J connectivity index is 0.000000431. The minimum atomic E-state index is -4.94. The van der Waals surface area contributed by atoms with Crippen LogP contribution in [0.4, 0.5) is 0 Å². The molecule has 0 amide bonds. The molecule has 0 aliphatic heterocycles. The number of aromatic nitrogens is 2. The van der Waals surface area contributed by atoms with Crippen molar-refractivity contribution in [1.29, 1.82) is 0 Å². The van der Waals surface area contributed by atoms with E-state index < -0.39 is 10.2 Å². The smallest absolute Gasteiger partial charge is 0.222 e. The van der Waals surface area contributed by atoms with E-state index in [0.29, 0.717) is 0 Å². The molecule has 138 valence electrons. The molecule has 1 aromatic heterocycles. The lowest BCUT2D eigenvalue weighted by Gasteiger charge is -2.17. The van der Waals surface area contributed by atoms with Crippen LogP contribution in [0.3, 0.4) is 0 Å². The molecule has 6 nitrogen and oxygen atoms in total. The summed E-state index contributed by atoms with van der Waals surface area (Å²) >= 11 is 1.81. The van der Waals surface area contributed by atoms with Gasteiger partial charge in [0.2, 0.25) is 0 Å². The Hall–Kier alpha value is -1.87. The van der Waals surface area contributed by atoms with Crippen molar-refractivity contribution >= 4 is 11.8 Å². The number of benzene rings is 2. The average molecular weight is 395 g/mol. The lowest BCUT2D eigenvalue weighted by Crippen LogP contribution is -2.68. The van der Waals surface area contributed by atoms with E-state index in [-0.39, 0.29) is 0 Å². The summed E-state index contributed by atoms with van der Waals surface area (Å²) in [5.74, 6) is 0. The maximum absolute atomic E-state index is 8.49. The molecule has 8 heteroatoms. The van der Waals surface area contributed by atoms with Crippen molar-refractivity contribution in [2.45, 2.75) is 4.90 Å². The van der Waals surface area contributed by atoms with Crippen molar-refractivity contribution in [2.75, 3.05) is 6.26 Å². The van der Waals surface area contributed by atoms with Crippen molar-refractivity contribution in [1.82, 2.24) is 4.68 Å². The second kappa shape index (κ2) is 8.68. The summed E-state index contributed by atoms with van der Waals surface area (Å²) < 4.78 is 38.4. The molecule has 0 unspecified atom stereocenters. The standard InChI is InChI=1S/C18H19N2S.ClHO4/c1-19-16(14-10-6-4-7-11-14)18(21-3)17(20(19)2)15-12-8-5-9-13-15;2-1(3,4)5/h4-13H,1-3H3;(H,2,3,4,5)/q+1;/p-1. The SMILES string of the molecule is CSc1c(-c2ccccc2)n(C)[n+](C)c1-c1ccccc1.[O-][Cl+3]([O-])([O-])[O-]. The van der Waals surface area contributed by atoms with Gasteiger partial charge in [-0.2, -0.15) is 4.68 Å². The lowest BCUT2D eigenvalue weighted by molar-refractivity contribution is -2.00. The summed E-state index contributed by atoms with van der Waals surface area (Å²) in [6.45, 7) is 0. The van der Waals surface area contributed by atoms with Crippen molar-refractivity contribution in [3.05, 3.63) is 60.7 Å². The highest BCUT2D eigenvalue weighted by atomic mass is 35.7. The van der Waals surface area contributed by atoms with Gasteiger partial charge < -0.3 is 0 Å². The van der Waals surface area contributed by atoms with E-state index in [1.807, 2.05) is 0 Å². The number of rotatable bonds is 3. The molecule has 0 aliphatic carbocycles. The summed E-state index contributed by atoms with van der Waals surface area (Å²) in [7, 11) is -0.705. The van der Waals surface area contributed by atoms with Gasteiger partial charge in [-0.25, -0.2) is 18.6 Å². The highest BCUT2D eigenvalue weighted by Crippen LogP contribution is 2.36. The van der Waals surface area contributed by atoms with Crippen molar-refractivity contribution < 1.29 is 33.6 Å². The van der Waals surface area contributed by atoms with Crippen LogP contribution in [0.5, 0.6) is 0 Å². The van der Waals surface area contributed by atoms with Crippen LogP contribution in [-0.2, 0) is 14.1 Å². The monoisotopic (exact) mass is 394 g/mol. The third-order valence-electron chi connectivity index (χ3n) is 3.83. The number of nitrogens with zero attached hydrogens (tertiary/aromatic N) is 2. The molecule has 0 aliphatic rings. The Labute approximate surface area is 158 Å². The molecule has 26 heavy (non-hydrogen) atoms. The Kier molecular flexibility index (Phi) is 6.82. The van der Waals surface area contributed by atoms with Crippen molar-refractivity contribution in [3.8, 4) is 22.5 Å². The topological polar surface area (TPSA) is 101 Å². The van der Waals surface area contributed by atoms with Gasteiger partial charge >= 0.3 is 0 Å². The van der Waals surface area contributed by atoms with E-state index in [1.54, 1.807) is 11.8 Å². The summed E-state index contributed by atoms with van der Waals surface area (Å²) in [6, 6.07) is 21.2. The van der Waals surface area contributed by atoms with Gasteiger partial charge in [0.05, 0.1) is 7.05 Å². The predicted octanol–water partition coefficient (Wildman–Crippen LogP) is -0.850. The highest BCUT2D eigenvalue weighted by molar-refractivity contribution is 7.98. The zero-order valence-corrected chi connectivity index (χ0v) is 16.2. The summed E-state index contributed by atoms with van der Waals surface area (Å²) in [4.78, 5) is 1.32. The molecule has 0 N–H and O–H groups in total. The first kappa shape index (κ1) is 20.4. The molecule has 0 saturated carbocycles.